The van der Waals surface area contributed by atoms with Gasteiger partial charge in [0.15, 0.2) is 0 Å². The maximum atomic E-state index is 11.8. The number of nitrogens with one attached hydrogen (secondary N) is 1. The molecule has 4 nitrogen and oxygen atoms in total. The van der Waals surface area contributed by atoms with Crippen molar-refractivity contribution in [3.63, 3.8) is 0 Å². The number of carbonyl (C=O) groups is 1. The molecule has 2 atom stereocenters. The van der Waals surface area contributed by atoms with E-state index in [9.17, 15) is 4.79 Å². The first-order valence-corrected chi connectivity index (χ1v) is 6.82. The number of carbonyl (C=O) groups excluding carboxylic acids is 1. The van der Waals surface area contributed by atoms with E-state index in [1.54, 1.807) is 0 Å². The molecular weight excluding hydrogens is 240 g/mol. The fourth-order valence-corrected chi connectivity index (χ4v) is 1.82. The van der Waals surface area contributed by atoms with Crippen LogP contribution in [0.25, 0.3) is 0 Å². The van der Waals surface area contributed by atoms with Crippen molar-refractivity contribution in [2.75, 3.05) is 13.2 Å². The van der Waals surface area contributed by atoms with Crippen molar-refractivity contribution in [1.82, 2.24) is 5.32 Å². The summed E-state index contributed by atoms with van der Waals surface area (Å²) in [5.41, 5.74) is 7.07. The lowest BCUT2D eigenvalue weighted by molar-refractivity contribution is -0.123. The van der Waals surface area contributed by atoms with Crippen LogP contribution in [0.15, 0.2) is 30.3 Å². The Kier molecular flexibility index (Phi) is 7.15. The molecule has 0 aromatic heterocycles. The maximum Gasteiger partial charge on any atom is 0.237 e. The minimum absolute atomic E-state index is 0.0234. The van der Waals surface area contributed by atoms with Gasteiger partial charge in [-0.15, -0.1) is 0 Å². The summed E-state index contributed by atoms with van der Waals surface area (Å²) in [7, 11) is 0. The molecule has 0 spiro atoms. The third kappa shape index (κ3) is 6.36. The Morgan fingerprint density at radius 1 is 1.37 bits per heavy atom. The van der Waals surface area contributed by atoms with Crippen LogP contribution in [0.3, 0.4) is 0 Å². The van der Waals surface area contributed by atoms with Gasteiger partial charge in [-0.1, -0.05) is 30.3 Å². The Morgan fingerprint density at radius 3 is 2.68 bits per heavy atom. The zero-order chi connectivity index (χ0) is 14.1. The van der Waals surface area contributed by atoms with Crippen LogP contribution >= 0.6 is 0 Å². The van der Waals surface area contributed by atoms with E-state index in [0.29, 0.717) is 19.6 Å². The molecule has 1 rings (SSSR count). The van der Waals surface area contributed by atoms with Crippen LogP contribution in [-0.2, 0) is 16.0 Å². The highest BCUT2D eigenvalue weighted by molar-refractivity contribution is 5.81. The highest BCUT2D eigenvalue weighted by atomic mass is 16.5. The molecule has 3 N–H and O–H groups in total. The third-order valence-corrected chi connectivity index (χ3v) is 2.94. The van der Waals surface area contributed by atoms with Crippen LogP contribution in [0.2, 0.25) is 0 Å². The van der Waals surface area contributed by atoms with Crippen molar-refractivity contribution in [2.24, 2.45) is 5.73 Å². The standard InChI is InChI=1S/C15H24N2O2/c1-3-19-12(2)11-17-15(18)14(16)10-9-13-7-5-4-6-8-13/h4-8,12,14H,3,9-11,16H2,1-2H3,(H,17,18). The van der Waals surface area contributed by atoms with Crippen LogP contribution in [0.1, 0.15) is 25.8 Å². The van der Waals surface area contributed by atoms with Crippen LogP contribution in [0, 0.1) is 0 Å². The van der Waals surface area contributed by atoms with Gasteiger partial charge in [0.2, 0.25) is 5.91 Å². The van der Waals surface area contributed by atoms with Crippen LogP contribution in [-0.4, -0.2) is 31.2 Å². The second kappa shape index (κ2) is 8.67. The number of hydrogen-bond donors (Lipinski definition) is 2. The second-order valence-corrected chi connectivity index (χ2v) is 4.64. The van der Waals surface area contributed by atoms with Crippen molar-refractivity contribution in [3.8, 4) is 0 Å². The second-order valence-electron chi connectivity index (χ2n) is 4.64. The number of aryl methyl sites for hydroxylation is 1. The van der Waals surface area contributed by atoms with E-state index in [2.05, 4.69) is 5.32 Å². The SMILES string of the molecule is CCOC(C)CNC(=O)C(N)CCc1ccccc1. The summed E-state index contributed by atoms with van der Waals surface area (Å²) in [6.45, 7) is 5.02. The number of nitrogens with two attached hydrogens (primary N) is 1. The maximum absolute atomic E-state index is 11.8. The third-order valence-electron chi connectivity index (χ3n) is 2.94. The van der Waals surface area contributed by atoms with E-state index in [4.69, 9.17) is 10.5 Å². The first kappa shape index (κ1) is 15.7. The number of benzene rings is 1. The van der Waals surface area contributed by atoms with Crippen molar-refractivity contribution < 1.29 is 9.53 Å². The van der Waals surface area contributed by atoms with Gasteiger partial charge in [-0.3, -0.25) is 4.79 Å². The van der Waals surface area contributed by atoms with E-state index >= 15 is 0 Å². The van der Waals surface area contributed by atoms with Gasteiger partial charge in [0.25, 0.3) is 0 Å². The van der Waals surface area contributed by atoms with Gasteiger partial charge in [-0.25, -0.2) is 0 Å². The number of ether oxygens (including phenoxy) is 1. The van der Waals surface area contributed by atoms with Gasteiger partial charge in [0.05, 0.1) is 12.1 Å². The van der Waals surface area contributed by atoms with Gasteiger partial charge < -0.3 is 15.8 Å². The lowest BCUT2D eigenvalue weighted by Gasteiger charge is -2.15. The molecule has 1 aromatic carbocycles. The van der Waals surface area contributed by atoms with E-state index in [1.807, 2.05) is 44.2 Å². The average molecular weight is 264 g/mol. The highest BCUT2D eigenvalue weighted by Crippen LogP contribution is 2.04. The Hall–Kier alpha value is -1.39. The fraction of sp³-hybridized carbons (Fsp3) is 0.533. The number of amides is 1. The smallest absolute Gasteiger partial charge is 0.237 e. The lowest BCUT2D eigenvalue weighted by atomic mass is 10.1. The van der Waals surface area contributed by atoms with Gasteiger partial charge in [-0.2, -0.15) is 0 Å². The molecule has 0 aliphatic carbocycles. The topological polar surface area (TPSA) is 64.3 Å². The lowest BCUT2D eigenvalue weighted by Crippen LogP contribution is -2.43. The summed E-state index contributed by atoms with van der Waals surface area (Å²) >= 11 is 0. The van der Waals surface area contributed by atoms with Crippen LogP contribution < -0.4 is 11.1 Å². The molecule has 0 fully saturated rings. The van der Waals surface area contributed by atoms with E-state index in [-0.39, 0.29) is 12.0 Å². The molecule has 0 saturated carbocycles. The summed E-state index contributed by atoms with van der Waals surface area (Å²) in [6.07, 6.45) is 1.49. The molecule has 1 aromatic rings. The van der Waals surface area contributed by atoms with Crippen molar-refractivity contribution in [2.45, 2.75) is 38.8 Å². The molecule has 0 heterocycles. The Bertz CT molecular complexity index is 368. The predicted octanol–water partition coefficient (Wildman–Crippen LogP) is 1.49. The first-order chi connectivity index (χ1) is 9.13. The Labute approximate surface area is 115 Å². The summed E-state index contributed by atoms with van der Waals surface area (Å²) in [4.78, 5) is 11.8. The van der Waals surface area contributed by atoms with Gasteiger partial charge in [0.1, 0.15) is 0 Å². The summed E-state index contributed by atoms with van der Waals surface area (Å²) in [5.74, 6) is -0.109. The van der Waals surface area contributed by atoms with Crippen molar-refractivity contribution in [3.05, 3.63) is 35.9 Å². The number of hydrogen-bond acceptors (Lipinski definition) is 3. The van der Waals surface area contributed by atoms with Crippen LogP contribution in [0.4, 0.5) is 0 Å². The zero-order valence-electron chi connectivity index (χ0n) is 11.8. The fourth-order valence-electron chi connectivity index (χ4n) is 1.82. The molecule has 0 saturated heterocycles. The molecule has 4 heteroatoms. The van der Waals surface area contributed by atoms with Crippen LogP contribution in [0.5, 0.6) is 0 Å². The summed E-state index contributed by atoms with van der Waals surface area (Å²) in [6, 6.07) is 9.58. The van der Waals surface area contributed by atoms with E-state index in [1.165, 1.54) is 5.56 Å². The first-order valence-electron chi connectivity index (χ1n) is 6.82. The van der Waals surface area contributed by atoms with E-state index < -0.39 is 6.04 Å². The average Bonchev–Trinajstić information content (AvgIpc) is 2.43. The molecule has 0 aliphatic heterocycles. The van der Waals surface area contributed by atoms with E-state index in [0.717, 1.165) is 6.42 Å². The minimum Gasteiger partial charge on any atom is -0.377 e. The molecule has 0 bridgehead atoms. The Morgan fingerprint density at radius 2 is 2.05 bits per heavy atom. The largest absolute Gasteiger partial charge is 0.377 e. The normalized spacial score (nSPS) is 13.8. The molecule has 106 valence electrons. The van der Waals surface area contributed by atoms with Crippen molar-refractivity contribution >= 4 is 5.91 Å². The summed E-state index contributed by atoms with van der Waals surface area (Å²) in [5, 5.41) is 2.81. The molecule has 0 radical (unpaired) electrons. The molecule has 0 aliphatic rings. The highest BCUT2D eigenvalue weighted by Gasteiger charge is 2.13. The summed E-state index contributed by atoms with van der Waals surface area (Å²) < 4.78 is 5.35. The van der Waals surface area contributed by atoms with Gasteiger partial charge in [0, 0.05) is 13.2 Å². The molecule has 1 amide bonds. The number of rotatable bonds is 8. The molecular formula is C15H24N2O2. The quantitative estimate of drug-likeness (QED) is 0.747. The zero-order valence-corrected chi connectivity index (χ0v) is 11.8. The van der Waals surface area contributed by atoms with Crippen molar-refractivity contribution in [1.29, 1.82) is 0 Å². The predicted molar refractivity (Wildman–Crippen MR) is 76.8 cm³/mol. The molecule has 19 heavy (non-hydrogen) atoms. The van der Waals surface area contributed by atoms with Gasteiger partial charge in [-0.05, 0) is 32.3 Å². The Balaban J connectivity index is 2.25. The minimum atomic E-state index is -0.464. The monoisotopic (exact) mass is 264 g/mol. The molecule has 2 unspecified atom stereocenters. The van der Waals surface area contributed by atoms with Gasteiger partial charge >= 0.3 is 0 Å².